The molecule has 1 unspecified atom stereocenters. The van der Waals surface area contributed by atoms with E-state index in [0.717, 1.165) is 22.4 Å². The van der Waals surface area contributed by atoms with Gasteiger partial charge in [-0.05, 0) is 16.7 Å². The quantitative estimate of drug-likeness (QED) is 0.491. The summed E-state index contributed by atoms with van der Waals surface area (Å²) in [6.07, 6.45) is 0. The number of aliphatic imine (C=N–C) groups is 1. The molecule has 0 amide bonds. The van der Waals surface area contributed by atoms with Crippen molar-refractivity contribution in [3.05, 3.63) is 95.6 Å². The fraction of sp³-hybridized carbons (Fsp3) is 0.130. The average Bonchev–Trinajstić information content (AvgIpc) is 3.02. The van der Waals surface area contributed by atoms with Crippen molar-refractivity contribution in [1.29, 1.82) is 5.26 Å². The van der Waals surface area contributed by atoms with E-state index in [0.29, 0.717) is 6.61 Å². The first-order valence-corrected chi connectivity index (χ1v) is 8.65. The molecule has 0 N–H and O–H groups in total. The van der Waals surface area contributed by atoms with Gasteiger partial charge in [0.25, 0.3) is 0 Å². The van der Waals surface area contributed by atoms with Crippen LogP contribution in [0.3, 0.4) is 0 Å². The lowest BCUT2D eigenvalue weighted by Crippen LogP contribution is -2.10. The van der Waals surface area contributed by atoms with Gasteiger partial charge in [-0.1, -0.05) is 78.9 Å². The van der Waals surface area contributed by atoms with Crippen LogP contribution in [0.4, 0.5) is 0 Å². The SMILES string of the molecule is N#CCOCC(N=C1c2ccccc2-c2ccccc21)c1ccccc1. The summed E-state index contributed by atoms with van der Waals surface area (Å²) >= 11 is 0. The molecular formula is C23H18N2O. The van der Waals surface area contributed by atoms with Crippen LogP contribution in [0.5, 0.6) is 0 Å². The van der Waals surface area contributed by atoms with Crippen LogP contribution in [-0.4, -0.2) is 18.9 Å². The van der Waals surface area contributed by atoms with E-state index in [1.54, 1.807) is 0 Å². The highest BCUT2D eigenvalue weighted by Crippen LogP contribution is 2.37. The zero-order chi connectivity index (χ0) is 17.8. The summed E-state index contributed by atoms with van der Waals surface area (Å²) < 4.78 is 5.52. The Balaban J connectivity index is 1.80. The predicted molar refractivity (Wildman–Crippen MR) is 103 cm³/mol. The van der Waals surface area contributed by atoms with Crippen molar-refractivity contribution >= 4 is 5.71 Å². The summed E-state index contributed by atoms with van der Waals surface area (Å²) in [5, 5.41) is 8.78. The molecule has 1 atom stereocenters. The van der Waals surface area contributed by atoms with Crippen molar-refractivity contribution < 1.29 is 4.74 Å². The van der Waals surface area contributed by atoms with Crippen LogP contribution in [0.15, 0.2) is 83.9 Å². The Morgan fingerprint density at radius 1 is 0.769 bits per heavy atom. The number of rotatable bonds is 5. The Morgan fingerprint density at radius 2 is 1.31 bits per heavy atom. The van der Waals surface area contributed by atoms with Gasteiger partial charge >= 0.3 is 0 Å². The second-order valence-corrected chi connectivity index (χ2v) is 6.17. The van der Waals surface area contributed by atoms with E-state index in [9.17, 15) is 0 Å². The fourth-order valence-electron chi connectivity index (χ4n) is 3.39. The number of benzene rings is 3. The number of hydrogen-bond acceptors (Lipinski definition) is 3. The zero-order valence-corrected chi connectivity index (χ0v) is 14.3. The van der Waals surface area contributed by atoms with Gasteiger partial charge in [-0.15, -0.1) is 0 Å². The maximum absolute atomic E-state index is 8.78. The molecule has 1 aliphatic rings. The molecule has 4 rings (SSSR count). The minimum absolute atomic E-state index is 0.0708. The summed E-state index contributed by atoms with van der Waals surface area (Å²) in [6.45, 7) is 0.451. The molecule has 1 aliphatic carbocycles. The first kappa shape index (κ1) is 16.3. The molecule has 0 saturated carbocycles. The first-order chi connectivity index (χ1) is 12.9. The van der Waals surface area contributed by atoms with E-state index in [-0.39, 0.29) is 12.6 Å². The zero-order valence-electron chi connectivity index (χ0n) is 14.3. The standard InChI is InChI=1S/C23H18N2O/c24-14-15-26-16-22(17-8-2-1-3-9-17)25-23-20-12-6-4-10-18(20)19-11-5-7-13-21(19)23/h1-13,22H,15-16H2. The summed E-state index contributed by atoms with van der Waals surface area (Å²) in [5.74, 6) is 0. The van der Waals surface area contributed by atoms with Gasteiger partial charge < -0.3 is 4.74 Å². The van der Waals surface area contributed by atoms with Crippen LogP contribution >= 0.6 is 0 Å². The molecule has 0 radical (unpaired) electrons. The van der Waals surface area contributed by atoms with Gasteiger partial charge in [0.15, 0.2) is 0 Å². The number of hydrogen-bond donors (Lipinski definition) is 0. The fourth-order valence-corrected chi connectivity index (χ4v) is 3.39. The minimum atomic E-state index is -0.154. The molecule has 3 heteroatoms. The molecule has 0 spiro atoms. The maximum atomic E-state index is 8.78. The highest BCUT2D eigenvalue weighted by atomic mass is 16.5. The largest absolute Gasteiger partial charge is 0.364 e. The first-order valence-electron chi connectivity index (χ1n) is 8.65. The number of ether oxygens (including phenoxy) is 1. The summed E-state index contributed by atoms with van der Waals surface area (Å²) in [7, 11) is 0. The molecule has 126 valence electrons. The van der Waals surface area contributed by atoms with Gasteiger partial charge in [0.2, 0.25) is 0 Å². The number of nitriles is 1. The van der Waals surface area contributed by atoms with Gasteiger partial charge in [-0.25, -0.2) is 0 Å². The maximum Gasteiger partial charge on any atom is 0.133 e. The van der Waals surface area contributed by atoms with Crippen LogP contribution in [0.1, 0.15) is 22.7 Å². The molecule has 0 aromatic heterocycles. The van der Waals surface area contributed by atoms with Crippen molar-refractivity contribution in [3.8, 4) is 17.2 Å². The Bertz CT molecular complexity index is 939. The minimum Gasteiger partial charge on any atom is -0.364 e. The van der Waals surface area contributed by atoms with Crippen molar-refractivity contribution in [1.82, 2.24) is 0 Å². The second-order valence-electron chi connectivity index (χ2n) is 6.17. The smallest absolute Gasteiger partial charge is 0.133 e. The van der Waals surface area contributed by atoms with E-state index in [4.69, 9.17) is 15.0 Å². The van der Waals surface area contributed by atoms with E-state index in [1.807, 2.05) is 36.4 Å². The van der Waals surface area contributed by atoms with E-state index < -0.39 is 0 Å². The van der Waals surface area contributed by atoms with Gasteiger partial charge in [-0.3, -0.25) is 4.99 Å². The Morgan fingerprint density at radius 3 is 1.88 bits per heavy atom. The highest BCUT2D eigenvalue weighted by molar-refractivity contribution is 6.24. The third-order valence-electron chi connectivity index (χ3n) is 4.57. The molecule has 0 bridgehead atoms. The molecule has 3 aromatic rings. The van der Waals surface area contributed by atoms with Gasteiger partial charge in [0.05, 0.1) is 24.4 Å². The molecule has 3 nitrogen and oxygen atoms in total. The lowest BCUT2D eigenvalue weighted by Gasteiger charge is -2.14. The molecular weight excluding hydrogens is 320 g/mol. The molecule has 0 heterocycles. The van der Waals surface area contributed by atoms with Crippen molar-refractivity contribution in [2.24, 2.45) is 4.99 Å². The third-order valence-corrected chi connectivity index (χ3v) is 4.57. The normalized spacial score (nSPS) is 12.8. The molecule has 0 saturated heterocycles. The molecule has 3 aromatic carbocycles. The van der Waals surface area contributed by atoms with E-state index in [1.165, 1.54) is 11.1 Å². The number of nitrogens with zero attached hydrogens (tertiary/aromatic N) is 2. The monoisotopic (exact) mass is 338 g/mol. The van der Waals surface area contributed by atoms with Gasteiger partial charge in [0, 0.05) is 11.1 Å². The van der Waals surface area contributed by atoms with Crippen molar-refractivity contribution in [2.75, 3.05) is 13.2 Å². The van der Waals surface area contributed by atoms with E-state index >= 15 is 0 Å². The predicted octanol–water partition coefficient (Wildman–Crippen LogP) is 4.79. The van der Waals surface area contributed by atoms with Crippen LogP contribution in [0.25, 0.3) is 11.1 Å². The molecule has 26 heavy (non-hydrogen) atoms. The van der Waals surface area contributed by atoms with E-state index in [2.05, 4.69) is 48.5 Å². The van der Waals surface area contributed by atoms with Crippen molar-refractivity contribution in [2.45, 2.75) is 6.04 Å². The van der Waals surface area contributed by atoms with Crippen LogP contribution in [-0.2, 0) is 4.74 Å². The topological polar surface area (TPSA) is 45.4 Å². The average molecular weight is 338 g/mol. The van der Waals surface area contributed by atoms with Crippen LogP contribution in [0, 0.1) is 11.3 Å². The Labute approximate surface area is 153 Å². The molecule has 0 aliphatic heterocycles. The summed E-state index contributed by atoms with van der Waals surface area (Å²) in [4.78, 5) is 5.08. The van der Waals surface area contributed by atoms with Gasteiger partial charge in [-0.2, -0.15) is 5.26 Å². The van der Waals surface area contributed by atoms with Gasteiger partial charge in [0.1, 0.15) is 6.61 Å². The summed E-state index contributed by atoms with van der Waals surface area (Å²) in [6, 6.07) is 28.7. The molecule has 0 fully saturated rings. The second kappa shape index (κ2) is 7.35. The lowest BCUT2D eigenvalue weighted by molar-refractivity contribution is 0.151. The summed E-state index contributed by atoms with van der Waals surface area (Å²) in [5.41, 5.74) is 6.80. The number of fused-ring (bicyclic) bond motifs is 3. The van der Waals surface area contributed by atoms with Crippen LogP contribution < -0.4 is 0 Å². The lowest BCUT2D eigenvalue weighted by atomic mass is 10.1. The Kier molecular flexibility index (Phi) is 4.59. The van der Waals surface area contributed by atoms with Crippen LogP contribution in [0.2, 0.25) is 0 Å². The Hall–Kier alpha value is -3.22. The highest BCUT2D eigenvalue weighted by Gasteiger charge is 2.25. The van der Waals surface area contributed by atoms with Crippen molar-refractivity contribution in [3.63, 3.8) is 0 Å². The third kappa shape index (κ3) is 3.03.